The van der Waals surface area contributed by atoms with E-state index in [1.54, 1.807) is 16.5 Å². The van der Waals surface area contributed by atoms with Crippen molar-refractivity contribution in [3.05, 3.63) is 33.7 Å². The molecule has 2 rings (SSSR count). The molecule has 6 heteroatoms. The van der Waals surface area contributed by atoms with Crippen LogP contribution in [-0.4, -0.2) is 33.3 Å². The normalized spacial score (nSPS) is 11.6. The fourth-order valence-corrected chi connectivity index (χ4v) is 2.96. The quantitative estimate of drug-likeness (QED) is 0.780. The van der Waals surface area contributed by atoms with Gasteiger partial charge in [0.05, 0.1) is 0 Å². The highest BCUT2D eigenvalue weighted by Crippen LogP contribution is 2.11. The molecule has 2 heterocycles. The van der Waals surface area contributed by atoms with Crippen molar-refractivity contribution in [1.29, 1.82) is 0 Å². The zero-order valence-electron chi connectivity index (χ0n) is 14.3. The van der Waals surface area contributed by atoms with Crippen molar-refractivity contribution in [2.24, 2.45) is 11.8 Å². The fraction of sp³-hybridized carbons (Fsp3) is 0.588. The Bertz CT molecular complexity index is 706. The number of carbonyl (C=O) groups is 1. The van der Waals surface area contributed by atoms with Crippen molar-refractivity contribution in [1.82, 2.24) is 14.3 Å². The van der Waals surface area contributed by atoms with Crippen molar-refractivity contribution >= 4 is 22.2 Å². The van der Waals surface area contributed by atoms with Crippen molar-refractivity contribution in [2.75, 3.05) is 13.1 Å². The summed E-state index contributed by atoms with van der Waals surface area (Å²) in [7, 11) is 0. The molecule has 2 aromatic rings. The SMILES string of the molecule is CC(C)CCN(CCC(C)C)C(=O)c1cnc2sccn2c1=O. The monoisotopic (exact) mass is 335 g/mol. The van der Waals surface area contributed by atoms with Gasteiger partial charge in [-0.25, -0.2) is 4.98 Å². The van der Waals surface area contributed by atoms with Gasteiger partial charge in [0.15, 0.2) is 4.96 Å². The van der Waals surface area contributed by atoms with Crippen LogP contribution < -0.4 is 5.56 Å². The first kappa shape index (κ1) is 17.7. The minimum atomic E-state index is -0.277. The van der Waals surface area contributed by atoms with E-state index >= 15 is 0 Å². The van der Waals surface area contributed by atoms with Gasteiger partial charge in [-0.05, 0) is 24.7 Å². The molecular formula is C17H25N3O2S. The highest BCUT2D eigenvalue weighted by Gasteiger charge is 2.21. The first-order chi connectivity index (χ1) is 10.9. The van der Waals surface area contributed by atoms with Crippen molar-refractivity contribution in [3.63, 3.8) is 0 Å². The Morgan fingerprint density at radius 3 is 2.39 bits per heavy atom. The molecule has 0 spiro atoms. The molecule has 0 aromatic carbocycles. The van der Waals surface area contributed by atoms with Gasteiger partial charge in [0.1, 0.15) is 5.56 Å². The maximum absolute atomic E-state index is 12.8. The van der Waals surface area contributed by atoms with Gasteiger partial charge in [0, 0.05) is 30.9 Å². The number of nitrogens with zero attached hydrogens (tertiary/aromatic N) is 3. The molecule has 0 N–H and O–H groups in total. The maximum Gasteiger partial charge on any atom is 0.271 e. The van der Waals surface area contributed by atoms with E-state index in [-0.39, 0.29) is 17.0 Å². The summed E-state index contributed by atoms with van der Waals surface area (Å²) < 4.78 is 1.45. The maximum atomic E-state index is 12.8. The third-order valence-electron chi connectivity index (χ3n) is 3.81. The summed E-state index contributed by atoms with van der Waals surface area (Å²) in [6.07, 6.45) is 4.95. The Morgan fingerprint density at radius 2 is 1.83 bits per heavy atom. The van der Waals surface area contributed by atoms with Crippen LogP contribution >= 0.6 is 11.3 Å². The molecule has 0 aliphatic rings. The average Bonchev–Trinajstić information content (AvgIpc) is 2.96. The summed E-state index contributed by atoms with van der Waals surface area (Å²) in [6.45, 7) is 9.90. The lowest BCUT2D eigenvalue weighted by Crippen LogP contribution is -2.37. The van der Waals surface area contributed by atoms with E-state index in [9.17, 15) is 9.59 Å². The number of amides is 1. The largest absolute Gasteiger partial charge is 0.338 e. The van der Waals surface area contributed by atoms with Gasteiger partial charge < -0.3 is 4.90 Å². The van der Waals surface area contributed by atoms with Gasteiger partial charge in [-0.1, -0.05) is 27.7 Å². The second kappa shape index (κ2) is 7.73. The molecule has 23 heavy (non-hydrogen) atoms. The van der Waals surface area contributed by atoms with Crippen LogP contribution in [0.3, 0.4) is 0 Å². The summed E-state index contributed by atoms with van der Waals surface area (Å²) >= 11 is 1.39. The van der Waals surface area contributed by atoms with E-state index in [4.69, 9.17) is 0 Å². The molecule has 2 aromatic heterocycles. The molecule has 0 fully saturated rings. The molecule has 126 valence electrons. The molecule has 1 amide bonds. The van der Waals surface area contributed by atoms with E-state index in [1.807, 2.05) is 0 Å². The van der Waals surface area contributed by atoms with Crippen LogP contribution in [0.5, 0.6) is 0 Å². The molecule has 0 aliphatic heterocycles. The molecular weight excluding hydrogens is 310 g/mol. The molecule has 5 nitrogen and oxygen atoms in total. The fourth-order valence-electron chi connectivity index (χ4n) is 2.28. The number of aromatic nitrogens is 2. The Morgan fingerprint density at radius 1 is 1.22 bits per heavy atom. The topological polar surface area (TPSA) is 54.7 Å². The van der Waals surface area contributed by atoms with Crippen molar-refractivity contribution < 1.29 is 4.79 Å². The van der Waals surface area contributed by atoms with Gasteiger partial charge >= 0.3 is 0 Å². The number of carbonyl (C=O) groups excluding carboxylic acids is 1. The standard InChI is InChI=1S/C17H25N3O2S/c1-12(2)5-7-19(8-6-13(3)4)15(21)14-11-18-17-20(16(14)22)9-10-23-17/h9-13H,5-8H2,1-4H3. The second-order valence-electron chi connectivity index (χ2n) is 6.69. The highest BCUT2D eigenvalue weighted by molar-refractivity contribution is 7.15. The highest BCUT2D eigenvalue weighted by atomic mass is 32.1. The van der Waals surface area contributed by atoms with Gasteiger partial charge in [-0.2, -0.15) is 0 Å². The molecule has 0 bridgehead atoms. The Kier molecular flexibility index (Phi) is 5.93. The molecule has 0 saturated heterocycles. The lowest BCUT2D eigenvalue weighted by Gasteiger charge is -2.24. The van der Waals surface area contributed by atoms with Crippen LogP contribution in [0.2, 0.25) is 0 Å². The summed E-state index contributed by atoms with van der Waals surface area (Å²) in [5, 5.41) is 1.80. The Hall–Kier alpha value is -1.69. The summed E-state index contributed by atoms with van der Waals surface area (Å²) in [5.41, 5.74) is -0.117. The first-order valence-electron chi connectivity index (χ1n) is 8.14. The lowest BCUT2D eigenvalue weighted by atomic mass is 10.1. The molecule has 0 aliphatic carbocycles. The van der Waals surface area contributed by atoms with Gasteiger partial charge in [-0.3, -0.25) is 14.0 Å². The number of fused-ring (bicyclic) bond motifs is 1. The molecule has 0 unspecified atom stereocenters. The second-order valence-corrected chi connectivity index (χ2v) is 7.56. The zero-order chi connectivity index (χ0) is 17.0. The molecule has 0 atom stereocenters. The summed E-state index contributed by atoms with van der Waals surface area (Å²) in [5.74, 6) is 0.829. The van der Waals surface area contributed by atoms with Gasteiger partial charge in [0.2, 0.25) is 0 Å². The smallest absolute Gasteiger partial charge is 0.271 e. The third-order valence-corrected chi connectivity index (χ3v) is 4.58. The van der Waals surface area contributed by atoms with Crippen LogP contribution in [0.4, 0.5) is 0 Å². The Balaban J connectivity index is 2.26. The van der Waals surface area contributed by atoms with Crippen molar-refractivity contribution in [3.8, 4) is 0 Å². The predicted molar refractivity (Wildman–Crippen MR) is 94.2 cm³/mol. The van der Waals surface area contributed by atoms with Crippen molar-refractivity contribution in [2.45, 2.75) is 40.5 Å². The van der Waals surface area contributed by atoms with Crippen LogP contribution in [0.15, 0.2) is 22.6 Å². The lowest BCUT2D eigenvalue weighted by molar-refractivity contribution is 0.0738. The minimum Gasteiger partial charge on any atom is -0.338 e. The summed E-state index contributed by atoms with van der Waals surface area (Å²) in [4.78, 5) is 32.0. The first-order valence-corrected chi connectivity index (χ1v) is 9.02. The van der Waals surface area contributed by atoms with Crippen LogP contribution in [0.25, 0.3) is 4.96 Å². The minimum absolute atomic E-state index is 0.161. The summed E-state index contributed by atoms with van der Waals surface area (Å²) in [6, 6.07) is 0. The number of thiazole rings is 1. The predicted octanol–water partition coefficient (Wildman–Crippen LogP) is 3.29. The average molecular weight is 335 g/mol. The van der Waals surface area contributed by atoms with Crippen LogP contribution in [0, 0.1) is 11.8 Å². The van der Waals surface area contributed by atoms with Gasteiger partial charge in [0.25, 0.3) is 11.5 Å². The molecule has 0 saturated carbocycles. The van der Waals surface area contributed by atoms with E-state index in [2.05, 4.69) is 32.7 Å². The van der Waals surface area contributed by atoms with Crippen LogP contribution in [0.1, 0.15) is 50.9 Å². The third kappa shape index (κ3) is 4.41. The van der Waals surface area contributed by atoms with E-state index in [0.717, 1.165) is 12.8 Å². The molecule has 0 radical (unpaired) electrons. The number of hydrogen-bond donors (Lipinski definition) is 0. The Labute approximate surface area is 141 Å². The number of hydrogen-bond acceptors (Lipinski definition) is 4. The zero-order valence-corrected chi connectivity index (χ0v) is 15.1. The van der Waals surface area contributed by atoms with E-state index < -0.39 is 0 Å². The number of rotatable bonds is 7. The van der Waals surface area contributed by atoms with Gasteiger partial charge in [-0.15, -0.1) is 11.3 Å². The van der Waals surface area contributed by atoms with E-state index in [1.165, 1.54) is 21.9 Å². The van der Waals surface area contributed by atoms with E-state index in [0.29, 0.717) is 29.9 Å². The van der Waals surface area contributed by atoms with Crippen LogP contribution in [-0.2, 0) is 0 Å².